The molecule has 20 heavy (non-hydrogen) atoms. The van der Waals surface area contributed by atoms with Crippen LogP contribution in [-0.4, -0.2) is 18.9 Å². The van der Waals surface area contributed by atoms with Crippen molar-refractivity contribution in [3.05, 3.63) is 48.8 Å². The lowest BCUT2D eigenvalue weighted by atomic mass is 10.2. The molecular weight excluding hydrogens is 250 g/mol. The topological polar surface area (TPSA) is 39.0 Å². The van der Waals surface area contributed by atoms with Gasteiger partial charge in [0.15, 0.2) is 5.52 Å². The highest BCUT2D eigenvalue weighted by Crippen LogP contribution is 2.31. The summed E-state index contributed by atoms with van der Waals surface area (Å²) in [7, 11) is 0. The lowest BCUT2D eigenvalue weighted by Gasteiger charge is -1.94. The van der Waals surface area contributed by atoms with Crippen LogP contribution in [0.5, 0.6) is 0 Å². The SMILES string of the molecule is [2H]C([2H])([2H])n1c2[n+](c3c1cn1ccncc31)Cc1ccncc1-2. The van der Waals surface area contributed by atoms with E-state index in [1.165, 1.54) is 4.57 Å². The molecule has 96 valence electrons. The van der Waals surface area contributed by atoms with Crippen LogP contribution in [0.4, 0.5) is 0 Å². The molecule has 0 radical (unpaired) electrons. The third-order valence-electron chi connectivity index (χ3n) is 3.99. The molecule has 5 nitrogen and oxygen atoms in total. The average Bonchev–Trinajstić information content (AvgIpc) is 3.12. The number of hydrogen-bond donors (Lipinski definition) is 0. The highest BCUT2D eigenvalue weighted by molar-refractivity contribution is 5.91. The molecule has 4 aromatic heterocycles. The Morgan fingerprint density at radius 3 is 3.15 bits per heavy atom. The van der Waals surface area contributed by atoms with E-state index >= 15 is 0 Å². The molecule has 1 aliphatic heterocycles. The van der Waals surface area contributed by atoms with Gasteiger partial charge < -0.3 is 4.40 Å². The minimum Gasteiger partial charge on any atom is -0.313 e. The molecule has 0 amide bonds. The molecule has 0 spiro atoms. The number of hydrogen-bond acceptors (Lipinski definition) is 2. The van der Waals surface area contributed by atoms with E-state index in [-0.39, 0.29) is 0 Å². The highest BCUT2D eigenvalue weighted by atomic mass is 15.2. The zero-order valence-electron chi connectivity index (χ0n) is 13.5. The first kappa shape index (κ1) is 7.79. The maximum Gasteiger partial charge on any atom is 0.292 e. The van der Waals surface area contributed by atoms with Crippen molar-refractivity contribution >= 4 is 16.6 Å². The zero-order valence-corrected chi connectivity index (χ0v) is 10.5. The van der Waals surface area contributed by atoms with Gasteiger partial charge in [0.25, 0.3) is 5.82 Å². The van der Waals surface area contributed by atoms with Crippen molar-refractivity contribution in [2.24, 2.45) is 6.98 Å². The summed E-state index contributed by atoms with van der Waals surface area (Å²) in [5.74, 6) is 0.685. The molecule has 5 heterocycles. The summed E-state index contributed by atoms with van der Waals surface area (Å²) in [5, 5.41) is 0. The number of aromatic nitrogens is 5. The number of fused-ring (bicyclic) bond motifs is 7. The molecule has 4 aromatic rings. The largest absolute Gasteiger partial charge is 0.313 e. The molecule has 0 aliphatic carbocycles. The summed E-state index contributed by atoms with van der Waals surface area (Å²) >= 11 is 0. The average molecular weight is 265 g/mol. The van der Waals surface area contributed by atoms with Gasteiger partial charge in [0.1, 0.15) is 12.1 Å². The van der Waals surface area contributed by atoms with Crippen LogP contribution in [0.2, 0.25) is 0 Å². The normalized spacial score (nSPS) is 15.9. The first-order valence-corrected chi connectivity index (χ1v) is 6.38. The van der Waals surface area contributed by atoms with E-state index < -0.39 is 6.98 Å². The number of rotatable bonds is 0. The van der Waals surface area contributed by atoms with Crippen LogP contribution >= 0.6 is 0 Å². The van der Waals surface area contributed by atoms with Crippen LogP contribution < -0.4 is 4.57 Å². The third-order valence-corrected chi connectivity index (χ3v) is 3.99. The number of imidazole rings is 1. The zero-order chi connectivity index (χ0) is 15.8. The quantitative estimate of drug-likeness (QED) is 0.398. The summed E-state index contributed by atoms with van der Waals surface area (Å²) < 4.78 is 29.4. The Bertz CT molecular complexity index is 1090. The molecule has 0 atom stereocenters. The van der Waals surface area contributed by atoms with Crippen LogP contribution in [0.3, 0.4) is 0 Å². The van der Waals surface area contributed by atoms with Crippen molar-refractivity contribution in [3.63, 3.8) is 0 Å². The molecule has 0 saturated heterocycles. The monoisotopic (exact) mass is 265 g/mol. The fourth-order valence-corrected chi connectivity index (χ4v) is 3.12. The van der Waals surface area contributed by atoms with Crippen LogP contribution in [0.25, 0.3) is 27.9 Å². The fourth-order valence-electron chi connectivity index (χ4n) is 3.12. The Labute approximate surface area is 119 Å². The molecular formula is C15H12N5+. The Morgan fingerprint density at radius 1 is 1.25 bits per heavy atom. The van der Waals surface area contributed by atoms with Crippen molar-refractivity contribution in [2.75, 3.05) is 0 Å². The molecule has 0 saturated carbocycles. The summed E-state index contributed by atoms with van der Waals surface area (Å²) in [5.41, 5.74) is 4.43. The molecule has 0 aromatic carbocycles. The predicted molar refractivity (Wildman–Crippen MR) is 74.2 cm³/mol. The van der Waals surface area contributed by atoms with Gasteiger partial charge >= 0.3 is 0 Å². The van der Waals surface area contributed by atoms with Crippen LogP contribution in [-0.2, 0) is 13.5 Å². The first-order valence-electron chi connectivity index (χ1n) is 7.88. The van der Waals surface area contributed by atoms with Gasteiger partial charge in [0.05, 0.1) is 29.0 Å². The van der Waals surface area contributed by atoms with Crippen LogP contribution in [0.1, 0.15) is 9.68 Å². The number of nitrogens with zero attached hydrogens (tertiary/aromatic N) is 5. The maximum atomic E-state index is 7.99. The van der Waals surface area contributed by atoms with E-state index in [1.807, 2.05) is 27.4 Å². The molecule has 1 aliphatic rings. The highest BCUT2D eigenvalue weighted by Gasteiger charge is 2.34. The van der Waals surface area contributed by atoms with Crippen LogP contribution in [0.15, 0.2) is 43.2 Å². The van der Waals surface area contributed by atoms with Gasteiger partial charge in [-0.15, -0.1) is 0 Å². The van der Waals surface area contributed by atoms with E-state index in [4.69, 9.17) is 4.11 Å². The Balaban J connectivity index is 2.01. The van der Waals surface area contributed by atoms with Crippen molar-refractivity contribution in [1.29, 1.82) is 0 Å². The molecule has 0 fully saturated rings. The van der Waals surface area contributed by atoms with Gasteiger partial charge in [-0.2, -0.15) is 0 Å². The van der Waals surface area contributed by atoms with E-state index in [2.05, 4.69) is 9.97 Å². The second-order valence-electron chi connectivity index (χ2n) is 5.01. The standard InChI is InChI=1S/C15H12N5/c1-18-13-9-19-5-4-17-7-12(19)14(13)20-8-10-2-3-16-6-11(10)15(18)20/h2-7,9H,8H2,1H3/q+1/i1D3. The van der Waals surface area contributed by atoms with E-state index in [0.717, 1.165) is 22.2 Å². The molecule has 5 heteroatoms. The first-order chi connectivity index (χ1) is 11.1. The third kappa shape index (κ3) is 1.02. The molecule has 0 N–H and O–H groups in total. The second kappa shape index (κ2) is 3.25. The molecule has 0 bridgehead atoms. The van der Waals surface area contributed by atoms with Crippen molar-refractivity contribution in [2.45, 2.75) is 6.54 Å². The van der Waals surface area contributed by atoms with Gasteiger partial charge in [0, 0.05) is 30.4 Å². The summed E-state index contributed by atoms with van der Waals surface area (Å²) in [6.07, 6.45) is 10.6. The smallest absolute Gasteiger partial charge is 0.292 e. The minimum atomic E-state index is -2.27. The van der Waals surface area contributed by atoms with Gasteiger partial charge in [-0.1, -0.05) is 0 Å². The van der Waals surface area contributed by atoms with Crippen molar-refractivity contribution in [3.8, 4) is 11.4 Å². The maximum absolute atomic E-state index is 7.99. The summed E-state index contributed by atoms with van der Waals surface area (Å²) in [6.45, 7) is -1.63. The Morgan fingerprint density at radius 2 is 2.20 bits per heavy atom. The Hall–Kier alpha value is -2.69. The lowest BCUT2D eigenvalue weighted by molar-refractivity contribution is -0.645. The lowest BCUT2D eigenvalue weighted by Crippen LogP contribution is -2.31. The second-order valence-corrected chi connectivity index (χ2v) is 5.01. The predicted octanol–water partition coefficient (Wildman–Crippen LogP) is 1.54. The van der Waals surface area contributed by atoms with E-state index in [0.29, 0.717) is 17.9 Å². The van der Waals surface area contributed by atoms with Gasteiger partial charge in [0.2, 0.25) is 5.52 Å². The number of pyridine rings is 1. The van der Waals surface area contributed by atoms with E-state index in [1.54, 1.807) is 24.8 Å². The van der Waals surface area contributed by atoms with E-state index in [9.17, 15) is 0 Å². The Kier molecular flexibility index (Phi) is 1.27. The molecule has 0 unspecified atom stereocenters. The van der Waals surface area contributed by atoms with Gasteiger partial charge in [-0.25, -0.2) is 9.13 Å². The number of aryl methyl sites for hydroxylation is 1. The van der Waals surface area contributed by atoms with Gasteiger partial charge in [-0.05, 0) is 6.07 Å². The summed E-state index contributed by atoms with van der Waals surface area (Å²) in [4.78, 5) is 8.35. The van der Waals surface area contributed by atoms with Gasteiger partial charge in [-0.3, -0.25) is 9.97 Å². The van der Waals surface area contributed by atoms with Crippen LogP contribution in [0, 0.1) is 0 Å². The van der Waals surface area contributed by atoms with Crippen molar-refractivity contribution < 1.29 is 8.68 Å². The molecule has 5 rings (SSSR count). The fraction of sp³-hybridized carbons (Fsp3) is 0.133. The van der Waals surface area contributed by atoms with Crippen molar-refractivity contribution in [1.82, 2.24) is 18.9 Å². The summed E-state index contributed by atoms with van der Waals surface area (Å²) in [6, 6.07) is 1.94. The minimum absolute atomic E-state index is 0.640.